The minimum Gasteiger partial charge on any atom is -0.302 e. The average Bonchev–Trinajstić information content (AvgIpc) is 2.54. The standard InChI is InChI=1S/C10H14F3N3OS/c1-9(2,3)6(17)5-18-8-15-14-7(16(8)4)10(11,12)13/h5H2,1-4H3. The van der Waals surface area contributed by atoms with Crippen molar-refractivity contribution in [3.63, 3.8) is 0 Å². The zero-order valence-electron chi connectivity index (χ0n) is 10.5. The molecule has 0 amide bonds. The minimum atomic E-state index is -4.53. The van der Waals surface area contributed by atoms with E-state index in [-0.39, 0.29) is 16.7 Å². The lowest BCUT2D eigenvalue weighted by Crippen LogP contribution is -2.22. The van der Waals surface area contributed by atoms with E-state index < -0.39 is 17.4 Å². The molecule has 0 radical (unpaired) electrons. The molecule has 1 heterocycles. The lowest BCUT2D eigenvalue weighted by atomic mass is 9.92. The predicted octanol–water partition coefficient (Wildman–Crippen LogP) is 2.54. The van der Waals surface area contributed by atoms with Crippen LogP contribution in [0.1, 0.15) is 26.6 Å². The van der Waals surface area contributed by atoms with Crippen LogP contribution in [0.3, 0.4) is 0 Å². The van der Waals surface area contributed by atoms with E-state index in [1.807, 2.05) is 0 Å². The summed E-state index contributed by atoms with van der Waals surface area (Å²) in [7, 11) is 1.23. The van der Waals surface area contributed by atoms with Crippen LogP contribution >= 0.6 is 11.8 Å². The van der Waals surface area contributed by atoms with Crippen LogP contribution in [0.25, 0.3) is 0 Å². The molecule has 0 aromatic carbocycles. The lowest BCUT2D eigenvalue weighted by molar-refractivity contribution is -0.147. The third-order valence-corrected chi connectivity index (χ3v) is 3.28. The molecule has 0 saturated carbocycles. The third kappa shape index (κ3) is 3.47. The van der Waals surface area contributed by atoms with Crippen LogP contribution in [-0.2, 0) is 18.0 Å². The second-order valence-electron chi connectivity index (χ2n) is 4.82. The number of Topliss-reactive ketones (excluding diaryl/α,β-unsaturated/α-hetero) is 1. The molecule has 1 aromatic heterocycles. The summed E-state index contributed by atoms with van der Waals surface area (Å²) in [5, 5.41) is 6.61. The number of thioether (sulfide) groups is 1. The molecule has 1 rings (SSSR count). The molecule has 0 spiro atoms. The molecule has 4 nitrogen and oxygen atoms in total. The van der Waals surface area contributed by atoms with Crippen molar-refractivity contribution < 1.29 is 18.0 Å². The van der Waals surface area contributed by atoms with Gasteiger partial charge in [-0.3, -0.25) is 4.79 Å². The topological polar surface area (TPSA) is 47.8 Å². The van der Waals surface area contributed by atoms with Crippen LogP contribution in [0, 0.1) is 5.41 Å². The van der Waals surface area contributed by atoms with Crippen LogP contribution < -0.4 is 0 Å². The van der Waals surface area contributed by atoms with E-state index in [4.69, 9.17) is 0 Å². The van der Waals surface area contributed by atoms with Gasteiger partial charge in [-0.05, 0) is 0 Å². The highest BCUT2D eigenvalue weighted by molar-refractivity contribution is 7.99. The molecule has 18 heavy (non-hydrogen) atoms. The summed E-state index contributed by atoms with van der Waals surface area (Å²) in [4.78, 5) is 11.7. The van der Waals surface area contributed by atoms with Crippen molar-refractivity contribution in [1.29, 1.82) is 0 Å². The fourth-order valence-corrected chi connectivity index (χ4v) is 2.11. The zero-order chi connectivity index (χ0) is 14.1. The van der Waals surface area contributed by atoms with Gasteiger partial charge in [0.15, 0.2) is 5.16 Å². The second kappa shape index (κ2) is 4.91. The number of hydrogen-bond donors (Lipinski definition) is 0. The molecule has 0 aliphatic rings. The Morgan fingerprint density at radius 2 is 1.83 bits per heavy atom. The van der Waals surface area contributed by atoms with Crippen LogP contribution in [0.2, 0.25) is 0 Å². The Hall–Kier alpha value is -1.05. The van der Waals surface area contributed by atoms with E-state index in [2.05, 4.69) is 10.2 Å². The number of ketones is 1. The van der Waals surface area contributed by atoms with Crippen molar-refractivity contribution >= 4 is 17.5 Å². The fourth-order valence-electron chi connectivity index (χ4n) is 1.03. The monoisotopic (exact) mass is 281 g/mol. The first-order valence-electron chi connectivity index (χ1n) is 5.16. The molecule has 0 unspecified atom stereocenters. The average molecular weight is 281 g/mol. The van der Waals surface area contributed by atoms with Crippen molar-refractivity contribution in [2.24, 2.45) is 12.5 Å². The number of nitrogens with zero attached hydrogens (tertiary/aromatic N) is 3. The maximum absolute atomic E-state index is 12.5. The molecule has 0 saturated heterocycles. The SMILES string of the molecule is Cn1c(SCC(=O)C(C)(C)C)nnc1C(F)(F)F. The number of alkyl halides is 3. The zero-order valence-corrected chi connectivity index (χ0v) is 11.3. The summed E-state index contributed by atoms with van der Waals surface area (Å²) in [6.45, 7) is 5.27. The van der Waals surface area contributed by atoms with E-state index in [1.165, 1.54) is 7.05 Å². The van der Waals surface area contributed by atoms with E-state index in [0.717, 1.165) is 16.3 Å². The molecular formula is C10H14F3N3OS. The van der Waals surface area contributed by atoms with E-state index in [9.17, 15) is 18.0 Å². The Morgan fingerprint density at radius 1 is 1.28 bits per heavy atom. The van der Waals surface area contributed by atoms with Gasteiger partial charge in [-0.15, -0.1) is 10.2 Å². The van der Waals surface area contributed by atoms with Crippen LogP contribution in [0.4, 0.5) is 13.2 Å². The summed E-state index contributed by atoms with van der Waals surface area (Å²) in [6, 6.07) is 0. The van der Waals surface area contributed by atoms with Gasteiger partial charge in [0.25, 0.3) is 0 Å². The maximum Gasteiger partial charge on any atom is 0.451 e. The van der Waals surface area contributed by atoms with Crippen LogP contribution in [0.5, 0.6) is 0 Å². The first-order valence-corrected chi connectivity index (χ1v) is 6.14. The van der Waals surface area contributed by atoms with Gasteiger partial charge in [-0.1, -0.05) is 32.5 Å². The molecule has 0 atom stereocenters. The molecule has 0 bridgehead atoms. The number of aromatic nitrogens is 3. The van der Waals surface area contributed by atoms with Gasteiger partial charge in [-0.2, -0.15) is 13.2 Å². The fraction of sp³-hybridized carbons (Fsp3) is 0.700. The quantitative estimate of drug-likeness (QED) is 0.799. The molecule has 0 aliphatic heterocycles. The predicted molar refractivity (Wildman–Crippen MR) is 61.2 cm³/mol. The first-order chi connectivity index (χ1) is 8.03. The Labute approximate surface area is 107 Å². The van der Waals surface area contributed by atoms with Gasteiger partial charge < -0.3 is 4.57 Å². The molecule has 0 fully saturated rings. The van der Waals surface area contributed by atoms with Crippen LogP contribution in [-0.4, -0.2) is 26.3 Å². The summed E-state index contributed by atoms with van der Waals surface area (Å²) in [5.41, 5.74) is -0.515. The van der Waals surface area contributed by atoms with E-state index in [1.54, 1.807) is 20.8 Å². The highest BCUT2D eigenvalue weighted by Crippen LogP contribution is 2.30. The highest BCUT2D eigenvalue weighted by atomic mass is 32.2. The van der Waals surface area contributed by atoms with E-state index >= 15 is 0 Å². The van der Waals surface area contributed by atoms with Gasteiger partial charge in [0.2, 0.25) is 5.82 Å². The van der Waals surface area contributed by atoms with E-state index in [0.29, 0.717) is 0 Å². The Morgan fingerprint density at radius 3 is 2.22 bits per heavy atom. The summed E-state index contributed by atoms with van der Waals surface area (Å²) in [5.74, 6) is -1.04. The first kappa shape index (κ1) is 15.0. The Kier molecular flexibility index (Phi) is 4.09. The van der Waals surface area contributed by atoms with Gasteiger partial charge in [0.1, 0.15) is 5.78 Å². The van der Waals surface area contributed by atoms with Gasteiger partial charge >= 0.3 is 6.18 Å². The molecule has 1 aromatic rings. The normalized spacial score (nSPS) is 12.8. The van der Waals surface area contributed by atoms with Gasteiger partial charge in [0, 0.05) is 12.5 Å². The van der Waals surface area contributed by atoms with Crippen molar-refractivity contribution in [1.82, 2.24) is 14.8 Å². The number of carbonyl (C=O) groups excluding carboxylic acids is 1. The number of halogens is 3. The Balaban J connectivity index is 2.77. The summed E-state index contributed by atoms with van der Waals surface area (Å²) in [6.07, 6.45) is -4.53. The third-order valence-electron chi connectivity index (χ3n) is 2.26. The summed E-state index contributed by atoms with van der Waals surface area (Å²) >= 11 is 0.959. The Bertz CT molecular complexity index is 448. The molecule has 102 valence electrons. The number of carbonyl (C=O) groups is 1. The molecule has 0 aliphatic carbocycles. The van der Waals surface area contributed by atoms with Gasteiger partial charge in [0.05, 0.1) is 5.75 Å². The number of hydrogen-bond acceptors (Lipinski definition) is 4. The molecule has 0 N–H and O–H groups in total. The van der Waals surface area contributed by atoms with Gasteiger partial charge in [-0.25, -0.2) is 0 Å². The smallest absolute Gasteiger partial charge is 0.302 e. The molecule has 8 heteroatoms. The summed E-state index contributed by atoms with van der Waals surface area (Å²) < 4.78 is 38.2. The lowest BCUT2D eigenvalue weighted by Gasteiger charge is -2.15. The second-order valence-corrected chi connectivity index (χ2v) is 5.77. The van der Waals surface area contributed by atoms with Crippen molar-refractivity contribution in [3.8, 4) is 0 Å². The minimum absolute atomic E-state index is 0.0518. The highest BCUT2D eigenvalue weighted by Gasteiger charge is 2.37. The maximum atomic E-state index is 12.5. The van der Waals surface area contributed by atoms with Crippen LogP contribution in [0.15, 0.2) is 5.16 Å². The van der Waals surface area contributed by atoms with Crippen molar-refractivity contribution in [3.05, 3.63) is 5.82 Å². The number of rotatable bonds is 3. The van der Waals surface area contributed by atoms with Crippen molar-refractivity contribution in [2.45, 2.75) is 32.1 Å². The van der Waals surface area contributed by atoms with Crippen molar-refractivity contribution in [2.75, 3.05) is 5.75 Å². The largest absolute Gasteiger partial charge is 0.451 e. The molecular weight excluding hydrogens is 267 g/mol.